The van der Waals surface area contributed by atoms with Crippen LogP contribution in [0, 0.1) is 6.92 Å². The molecule has 0 saturated heterocycles. The number of aryl methyl sites for hydroxylation is 3. The van der Waals surface area contributed by atoms with Crippen molar-refractivity contribution in [1.29, 1.82) is 0 Å². The zero-order chi connectivity index (χ0) is 21.3. The minimum absolute atomic E-state index is 0.0221. The Morgan fingerprint density at radius 3 is 2.63 bits per heavy atom. The van der Waals surface area contributed by atoms with Crippen molar-refractivity contribution in [3.05, 3.63) is 65.1 Å². The van der Waals surface area contributed by atoms with Crippen molar-refractivity contribution in [3.8, 4) is 17.3 Å². The third kappa shape index (κ3) is 3.82. The van der Waals surface area contributed by atoms with Crippen LogP contribution in [0.3, 0.4) is 0 Å². The minimum Gasteiger partial charge on any atom is -0.480 e. The molecule has 3 heterocycles. The molecule has 0 saturated carbocycles. The summed E-state index contributed by atoms with van der Waals surface area (Å²) in [4.78, 5) is 23.8. The molecule has 1 aliphatic heterocycles. The molecule has 2 aromatic heterocycles. The van der Waals surface area contributed by atoms with Crippen LogP contribution < -0.4 is 4.74 Å². The Balaban J connectivity index is 1.57. The maximum atomic E-state index is 12.8. The zero-order valence-corrected chi connectivity index (χ0v) is 18.1. The summed E-state index contributed by atoms with van der Waals surface area (Å²) in [6.45, 7) is 7.49. The highest BCUT2D eigenvalue weighted by Gasteiger charge is 2.32. The molecule has 6 nitrogen and oxygen atoms in total. The van der Waals surface area contributed by atoms with Crippen molar-refractivity contribution in [2.24, 2.45) is 0 Å². The van der Waals surface area contributed by atoms with Gasteiger partial charge in [0.05, 0.1) is 30.5 Å². The molecule has 0 N–H and O–H groups in total. The lowest BCUT2D eigenvalue weighted by atomic mass is 10.1. The number of rotatable bonds is 7. The van der Waals surface area contributed by atoms with Crippen LogP contribution >= 0.6 is 0 Å². The van der Waals surface area contributed by atoms with E-state index in [1.807, 2.05) is 31.0 Å². The average Bonchev–Trinajstić information content (AvgIpc) is 3.33. The molecule has 6 heteroatoms. The Bertz CT molecular complexity index is 1050. The number of imidazole rings is 1. The SMILES string of the molecule is COc1nc2c(cc1-c1nccn1CCCc1ccc(C)cc1)C(=O)N(C(C)C)C2. The molecule has 0 fully saturated rings. The van der Waals surface area contributed by atoms with Gasteiger partial charge in [-0.05, 0) is 45.2 Å². The fraction of sp³-hybridized carbons (Fsp3) is 0.375. The number of hydrogen-bond acceptors (Lipinski definition) is 4. The predicted molar refractivity (Wildman–Crippen MR) is 117 cm³/mol. The quantitative estimate of drug-likeness (QED) is 0.590. The number of methoxy groups -OCH3 is 1. The fourth-order valence-electron chi connectivity index (χ4n) is 3.90. The van der Waals surface area contributed by atoms with Gasteiger partial charge in [0.1, 0.15) is 5.82 Å². The van der Waals surface area contributed by atoms with Crippen LogP contribution in [-0.2, 0) is 19.5 Å². The largest absolute Gasteiger partial charge is 0.480 e. The van der Waals surface area contributed by atoms with Gasteiger partial charge in [-0.2, -0.15) is 0 Å². The third-order valence-corrected chi connectivity index (χ3v) is 5.64. The second-order valence-corrected chi connectivity index (χ2v) is 8.10. The van der Waals surface area contributed by atoms with E-state index in [4.69, 9.17) is 4.74 Å². The lowest BCUT2D eigenvalue weighted by molar-refractivity contribution is 0.0730. The topological polar surface area (TPSA) is 60.3 Å². The Morgan fingerprint density at radius 1 is 1.17 bits per heavy atom. The third-order valence-electron chi connectivity index (χ3n) is 5.64. The van der Waals surface area contributed by atoms with Gasteiger partial charge in [-0.1, -0.05) is 29.8 Å². The number of ether oxygens (including phenoxy) is 1. The number of pyridine rings is 1. The zero-order valence-electron chi connectivity index (χ0n) is 18.1. The number of benzene rings is 1. The standard InChI is InChI=1S/C24H28N4O2/c1-16(2)28-15-21-19(24(28)29)14-20(23(26-21)30-4)22-25-11-13-27(22)12-5-6-18-9-7-17(3)8-10-18/h7-11,13-14,16H,5-6,12,15H2,1-4H3. The van der Waals surface area contributed by atoms with E-state index in [9.17, 15) is 4.79 Å². The molecule has 1 amide bonds. The fourth-order valence-corrected chi connectivity index (χ4v) is 3.90. The molecule has 1 aliphatic rings. The molecule has 0 spiro atoms. The summed E-state index contributed by atoms with van der Waals surface area (Å²) < 4.78 is 7.68. The van der Waals surface area contributed by atoms with Crippen molar-refractivity contribution in [3.63, 3.8) is 0 Å². The minimum atomic E-state index is 0.0221. The molecular weight excluding hydrogens is 376 g/mol. The second-order valence-electron chi connectivity index (χ2n) is 8.10. The van der Waals surface area contributed by atoms with E-state index < -0.39 is 0 Å². The number of carbonyl (C=O) groups is 1. The molecule has 1 aromatic carbocycles. The van der Waals surface area contributed by atoms with Gasteiger partial charge in [0.25, 0.3) is 5.91 Å². The summed E-state index contributed by atoms with van der Waals surface area (Å²) in [7, 11) is 1.61. The van der Waals surface area contributed by atoms with Crippen LogP contribution in [0.25, 0.3) is 11.4 Å². The van der Waals surface area contributed by atoms with E-state index in [-0.39, 0.29) is 11.9 Å². The van der Waals surface area contributed by atoms with E-state index >= 15 is 0 Å². The molecule has 0 atom stereocenters. The van der Waals surface area contributed by atoms with Crippen LogP contribution in [0.15, 0.2) is 42.7 Å². The predicted octanol–water partition coefficient (Wildman–Crippen LogP) is 4.26. The Kier molecular flexibility index (Phi) is 5.57. The van der Waals surface area contributed by atoms with Gasteiger partial charge in [-0.25, -0.2) is 9.97 Å². The summed E-state index contributed by atoms with van der Waals surface area (Å²) in [5.74, 6) is 1.31. The average molecular weight is 405 g/mol. The summed E-state index contributed by atoms with van der Waals surface area (Å²) in [5.41, 5.74) is 4.78. The molecule has 0 unspecified atom stereocenters. The van der Waals surface area contributed by atoms with Crippen LogP contribution in [0.2, 0.25) is 0 Å². The molecule has 0 bridgehead atoms. The number of fused-ring (bicyclic) bond motifs is 1. The smallest absolute Gasteiger partial charge is 0.256 e. The van der Waals surface area contributed by atoms with Crippen LogP contribution in [0.5, 0.6) is 5.88 Å². The first kappa shape index (κ1) is 20.1. The van der Waals surface area contributed by atoms with Crippen LogP contribution in [0.1, 0.15) is 47.4 Å². The first-order valence-corrected chi connectivity index (χ1v) is 10.4. The molecule has 0 aliphatic carbocycles. The highest BCUT2D eigenvalue weighted by atomic mass is 16.5. The van der Waals surface area contributed by atoms with Crippen molar-refractivity contribution >= 4 is 5.91 Å². The lowest BCUT2D eigenvalue weighted by Crippen LogP contribution is -2.30. The van der Waals surface area contributed by atoms with E-state index in [0.717, 1.165) is 36.5 Å². The van der Waals surface area contributed by atoms with Crippen molar-refractivity contribution in [2.75, 3.05) is 7.11 Å². The maximum absolute atomic E-state index is 12.8. The van der Waals surface area contributed by atoms with E-state index in [0.29, 0.717) is 18.0 Å². The van der Waals surface area contributed by atoms with E-state index in [2.05, 4.69) is 45.7 Å². The molecule has 4 rings (SSSR count). The van der Waals surface area contributed by atoms with Gasteiger partial charge in [-0.15, -0.1) is 0 Å². The number of amides is 1. The monoisotopic (exact) mass is 404 g/mol. The Hall–Kier alpha value is -3.15. The summed E-state index contributed by atoms with van der Waals surface area (Å²) in [6, 6.07) is 10.7. The van der Waals surface area contributed by atoms with Gasteiger partial charge in [0, 0.05) is 25.0 Å². The highest BCUT2D eigenvalue weighted by molar-refractivity contribution is 5.99. The normalized spacial score (nSPS) is 13.2. The summed E-state index contributed by atoms with van der Waals surface area (Å²) in [5, 5.41) is 0. The van der Waals surface area contributed by atoms with Gasteiger partial charge in [-0.3, -0.25) is 4.79 Å². The van der Waals surface area contributed by atoms with Gasteiger partial charge in [0.15, 0.2) is 0 Å². The van der Waals surface area contributed by atoms with Gasteiger partial charge >= 0.3 is 0 Å². The lowest BCUT2D eigenvalue weighted by Gasteiger charge is -2.19. The second kappa shape index (κ2) is 8.30. The highest BCUT2D eigenvalue weighted by Crippen LogP contribution is 2.33. The van der Waals surface area contributed by atoms with Crippen LogP contribution in [0.4, 0.5) is 0 Å². The number of nitrogens with zero attached hydrogens (tertiary/aromatic N) is 4. The summed E-state index contributed by atoms with van der Waals surface area (Å²) >= 11 is 0. The molecule has 0 radical (unpaired) electrons. The maximum Gasteiger partial charge on any atom is 0.256 e. The van der Waals surface area contributed by atoms with E-state index in [1.165, 1.54) is 11.1 Å². The summed E-state index contributed by atoms with van der Waals surface area (Å²) in [6.07, 6.45) is 5.75. The molecular formula is C24H28N4O2. The molecule has 3 aromatic rings. The van der Waals surface area contributed by atoms with Crippen molar-refractivity contribution in [1.82, 2.24) is 19.4 Å². The first-order chi connectivity index (χ1) is 14.5. The van der Waals surface area contributed by atoms with Crippen molar-refractivity contribution < 1.29 is 9.53 Å². The van der Waals surface area contributed by atoms with Crippen LogP contribution in [-0.4, -0.2) is 38.5 Å². The number of aromatic nitrogens is 3. The Labute approximate surface area is 177 Å². The number of hydrogen-bond donors (Lipinski definition) is 0. The van der Waals surface area contributed by atoms with Gasteiger partial charge in [0.2, 0.25) is 5.88 Å². The van der Waals surface area contributed by atoms with E-state index in [1.54, 1.807) is 13.3 Å². The first-order valence-electron chi connectivity index (χ1n) is 10.4. The molecule has 156 valence electrons. The van der Waals surface area contributed by atoms with Gasteiger partial charge < -0.3 is 14.2 Å². The van der Waals surface area contributed by atoms with Crippen molar-refractivity contribution in [2.45, 2.75) is 52.7 Å². The molecule has 30 heavy (non-hydrogen) atoms. The number of carbonyl (C=O) groups excluding carboxylic acids is 1. The Morgan fingerprint density at radius 2 is 1.93 bits per heavy atom.